The number of benzene rings is 1. The highest BCUT2D eigenvalue weighted by Gasteiger charge is 2.19. The minimum atomic E-state index is -3.61. The van der Waals surface area contributed by atoms with Gasteiger partial charge in [-0.3, -0.25) is 0 Å². The molecule has 1 aromatic carbocycles. The molecule has 2 rings (SSSR count). The van der Waals surface area contributed by atoms with E-state index in [0.29, 0.717) is 17.1 Å². The summed E-state index contributed by atoms with van der Waals surface area (Å²) in [6.07, 6.45) is 3.39. The van der Waals surface area contributed by atoms with Crippen LogP contribution in [0.25, 0.3) is 0 Å². The summed E-state index contributed by atoms with van der Waals surface area (Å²) in [5.74, 6) is 0.645. The molecule has 2 aromatic rings. The van der Waals surface area contributed by atoms with Crippen LogP contribution < -0.4 is 10.5 Å². The van der Waals surface area contributed by atoms with Gasteiger partial charge in [0.05, 0.1) is 11.4 Å². The summed E-state index contributed by atoms with van der Waals surface area (Å²) in [6.45, 7) is 3.74. The van der Waals surface area contributed by atoms with Crippen LogP contribution in [0.1, 0.15) is 17.0 Å². The van der Waals surface area contributed by atoms with Crippen molar-refractivity contribution in [3.8, 4) is 0 Å². The minimum absolute atomic E-state index is 0.138. The molecule has 108 valence electrons. The fourth-order valence-electron chi connectivity index (χ4n) is 1.94. The average molecular weight is 294 g/mol. The molecule has 0 spiro atoms. The zero-order chi connectivity index (χ0) is 14.9. The van der Waals surface area contributed by atoms with Crippen LogP contribution in [0.4, 0.5) is 5.69 Å². The second kappa shape index (κ2) is 5.26. The Hall–Kier alpha value is -1.86. The van der Waals surface area contributed by atoms with Gasteiger partial charge < -0.3 is 10.3 Å². The zero-order valence-corrected chi connectivity index (χ0v) is 12.5. The van der Waals surface area contributed by atoms with E-state index in [1.165, 1.54) is 6.07 Å². The van der Waals surface area contributed by atoms with Gasteiger partial charge in [0, 0.05) is 25.1 Å². The molecule has 0 radical (unpaired) electrons. The van der Waals surface area contributed by atoms with E-state index in [4.69, 9.17) is 5.73 Å². The van der Waals surface area contributed by atoms with Crippen LogP contribution in [0, 0.1) is 13.8 Å². The van der Waals surface area contributed by atoms with Crippen LogP contribution >= 0.6 is 0 Å². The van der Waals surface area contributed by atoms with E-state index in [9.17, 15) is 8.42 Å². The molecule has 1 heterocycles. The number of hydrogen-bond donors (Lipinski definition) is 2. The molecule has 0 saturated carbocycles. The third-order valence-electron chi connectivity index (χ3n) is 3.27. The smallest absolute Gasteiger partial charge is 0.241 e. The molecule has 0 amide bonds. The quantitative estimate of drug-likeness (QED) is 0.826. The fourth-order valence-corrected chi connectivity index (χ4v) is 3.27. The fraction of sp³-hybridized carbons (Fsp3) is 0.308. The van der Waals surface area contributed by atoms with Gasteiger partial charge in [-0.2, -0.15) is 0 Å². The predicted molar refractivity (Wildman–Crippen MR) is 77.6 cm³/mol. The summed E-state index contributed by atoms with van der Waals surface area (Å²) in [5, 5.41) is 0. The standard InChI is InChI=1S/C13H18N4O2S/c1-9-6-11(14)7-12(10(9)2)20(18,19)16-8-13-15-4-5-17(13)3/h4-7,16H,8,14H2,1-3H3. The Bertz CT molecular complexity index is 735. The van der Waals surface area contributed by atoms with E-state index >= 15 is 0 Å². The van der Waals surface area contributed by atoms with E-state index < -0.39 is 10.0 Å². The summed E-state index contributed by atoms with van der Waals surface area (Å²) in [4.78, 5) is 4.29. The van der Waals surface area contributed by atoms with Gasteiger partial charge in [0.2, 0.25) is 10.0 Å². The molecular weight excluding hydrogens is 276 g/mol. The number of nitrogens with zero attached hydrogens (tertiary/aromatic N) is 2. The summed E-state index contributed by atoms with van der Waals surface area (Å²) in [7, 11) is -1.80. The molecule has 3 N–H and O–H groups in total. The van der Waals surface area contributed by atoms with Gasteiger partial charge in [-0.1, -0.05) is 0 Å². The number of aryl methyl sites for hydroxylation is 2. The highest BCUT2D eigenvalue weighted by Crippen LogP contribution is 2.22. The van der Waals surface area contributed by atoms with Gasteiger partial charge >= 0.3 is 0 Å². The van der Waals surface area contributed by atoms with Crippen LogP contribution in [0.15, 0.2) is 29.4 Å². The second-order valence-corrected chi connectivity index (χ2v) is 6.48. The topological polar surface area (TPSA) is 90.0 Å². The van der Waals surface area contributed by atoms with Gasteiger partial charge in [-0.15, -0.1) is 0 Å². The second-order valence-electron chi connectivity index (χ2n) is 4.74. The van der Waals surface area contributed by atoms with Crippen molar-refractivity contribution in [1.29, 1.82) is 0 Å². The van der Waals surface area contributed by atoms with Crippen LogP contribution in [-0.2, 0) is 23.6 Å². The number of anilines is 1. The average Bonchev–Trinajstić information content (AvgIpc) is 2.77. The van der Waals surface area contributed by atoms with Crippen LogP contribution in [0.2, 0.25) is 0 Å². The number of nitrogens with one attached hydrogen (secondary N) is 1. The number of nitrogens with two attached hydrogens (primary N) is 1. The van der Waals surface area contributed by atoms with Crippen molar-refractivity contribution >= 4 is 15.7 Å². The van der Waals surface area contributed by atoms with Crippen LogP contribution in [-0.4, -0.2) is 18.0 Å². The molecule has 0 fully saturated rings. The SMILES string of the molecule is Cc1cc(N)cc(S(=O)(=O)NCc2nccn2C)c1C. The van der Waals surface area contributed by atoms with E-state index in [-0.39, 0.29) is 11.4 Å². The summed E-state index contributed by atoms with van der Waals surface area (Å²) in [6, 6.07) is 3.23. The van der Waals surface area contributed by atoms with Crippen molar-refractivity contribution in [1.82, 2.24) is 14.3 Å². The number of imidazole rings is 1. The maximum atomic E-state index is 12.4. The van der Waals surface area contributed by atoms with Crippen molar-refractivity contribution in [3.63, 3.8) is 0 Å². The largest absolute Gasteiger partial charge is 0.399 e. The molecule has 0 saturated heterocycles. The van der Waals surface area contributed by atoms with Gasteiger partial charge in [0.1, 0.15) is 5.82 Å². The lowest BCUT2D eigenvalue weighted by Crippen LogP contribution is -2.25. The monoisotopic (exact) mass is 294 g/mol. The zero-order valence-electron chi connectivity index (χ0n) is 11.7. The highest BCUT2D eigenvalue weighted by atomic mass is 32.2. The summed E-state index contributed by atoms with van der Waals surface area (Å²) >= 11 is 0. The molecule has 20 heavy (non-hydrogen) atoms. The first-order chi connectivity index (χ1) is 9.31. The maximum Gasteiger partial charge on any atom is 0.241 e. The molecule has 0 aliphatic rings. The van der Waals surface area contributed by atoms with Crippen molar-refractivity contribution in [2.75, 3.05) is 5.73 Å². The Morgan fingerprint density at radius 2 is 2.05 bits per heavy atom. The number of hydrogen-bond acceptors (Lipinski definition) is 4. The molecule has 1 aromatic heterocycles. The maximum absolute atomic E-state index is 12.4. The Balaban J connectivity index is 2.29. The normalized spacial score (nSPS) is 11.8. The molecule has 6 nitrogen and oxygen atoms in total. The van der Waals surface area contributed by atoms with E-state index in [1.807, 2.05) is 14.0 Å². The molecule has 7 heteroatoms. The molecular formula is C13H18N4O2S. The van der Waals surface area contributed by atoms with Crippen LogP contribution in [0.3, 0.4) is 0 Å². The number of sulfonamides is 1. The van der Waals surface area contributed by atoms with E-state index in [1.54, 1.807) is 30.0 Å². The van der Waals surface area contributed by atoms with Crippen molar-refractivity contribution in [3.05, 3.63) is 41.5 Å². The minimum Gasteiger partial charge on any atom is -0.399 e. The first-order valence-electron chi connectivity index (χ1n) is 6.14. The summed E-state index contributed by atoms with van der Waals surface area (Å²) in [5.41, 5.74) is 7.72. The lowest BCUT2D eigenvalue weighted by molar-refractivity contribution is 0.577. The third-order valence-corrected chi connectivity index (χ3v) is 4.80. The Labute approximate surface area is 118 Å². The first-order valence-corrected chi connectivity index (χ1v) is 7.62. The van der Waals surface area contributed by atoms with Gasteiger partial charge in [-0.05, 0) is 37.1 Å². The number of aromatic nitrogens is 2. The number of rotatable bonds is 4. The van der Waals surface area contributed by atoms with Crippen molar-refractivity contribution < 1.29 is 8.42 Å². The molecule has 0 atom stereocenters. The Morgan fingerprint density at radius 1 is 1.35 bits per heavy atom. The lowest BCUT2D eigenvalue weighted by Gasteiger charge is -2.12. The highest BCUT2D eigenvalue weighted by molar-refractivity contribution is 7.89. The lowest BCUT2D eigenvalue weighted by atomic mass is 10.1. The van der Waals surface area contributed by atoms with E-state index in [0.717, 1.165) is 5.56 Å². The van der Waals surface area contributed by atoms with E-state index in [2.05, 4.69) is 9.71 Å². The van der Waals surface area contributed by atoms with Crippen LogP contribution in [0.5, 0.6) is 0 Å². The van der Waals surface area contributed by atoms with Crippen molar-refractivity contribution in [2.45, 2.75) is 25.3 Å². The summed E-state index contributed by atoms with van der Waals surface area (Å²) < 4.78 is 29.0. The Kier molecular flexibility index (Phi) is 3.82. The number of nitrogen functional groups attached to an aromatic ring is 1. The molecule has 0 aliphatic heterocycles. The first kappa shape index (κ1) is 14.5. The van der Waals surface area contributed by atoms with Gasteiger partial charge in [0.15, 0.2) is 0 Å². The predicted octanol–water partition coefficient (Wildman–Crippen LogP) is 1.10. The molecule has 0 unspecified atom stereocenters. The van der Waals surface area contributed by atoms with Gasteiger partial charge in [-0.25, -0.2) is 18.1 Å². The molecule has 0 bridgehead atoms. The Morgan fingerprint density at radius 3 is 2.65 bits per heavy atom. The third kappa shape index (κ3) is 2.83. The van der Waals surface area contributed by atoms with Crippen molar-refractivity contribution in [2.24, 2.45) is 7.05 Å². The molecule has 0 aliphatic carbocycles. The van der Waals surface area contributed by atoms with Gasteiger partial charge in [0.25, 0.3) is 0 Å².